The first kappa shape index (κ1) is 18.2. The van der Waals surface area contributed by atoms with E-state index in [2.05, 4.69) is 5.32 Å². The summed E-state index contributed by atoms with van der Waals surface area (Å²) in [4.78, 5) is 40.0. The first-order valence-corrected chi connectivity index (χ1v) is 10.7. The van der Waals surface area contributed by atoms with Crippen LogP contribution in [0.1, 0.15) is 66.3 Å². The van der Waals surface area contributed by atoms with E-state index in [0.717, 1.165) is 0 Å². The van der Waals surface area contributed by atoms with Crippen molar-refractivity contribution in [3.05, 3.63) is 35.8 Å². The lowest BCUT2D eigenvalue weighted by atomic mass is 10.0. The van der Waals surface area contributed by atoms with Crippen LogP contribution in [0.15, 0.2) is 30.2 Å². The Hall–Kier alpha value is -2.41. The number of hydrogen-bond acceptors (Lipinski definition) is 6. The summed E-state index contributed by atoms with van der Waals surface area (Å²) in [6.07, 6.45) is 1.18. The van der Waals surface area contributed by atoms with E-state index in [9.17, 15) is 14.4 Å². The number of amides is 1. The summed E-state index contributed by atoms with van der Waals surface area (Å²) < 4.78 is 50.2. The van der Waals surface area contributed by atoms with Crippen LogP contribution in [0.3, 0.4) is 0 Å². The van der Waals surface area contributed by atoms with E-state index in [0.29, 0.717) is 19.4 Å². The summed E-state index contributed by atoms with van der Waals surface area (Å²) in [5.41, 5.74) is -0.600. The molecule has 1 N–H and O–H groups in total. The van der Waals surface area contributed by atoms with Gasteiger partial charge in [-0.2, -0.15) is 0 Å². The molecular formula is C24H36N2O5. The molecule has 0 bridgehead atoms. The molecule has 1 amide bonds. The molecule has 1 aromatic carbocycles. The van der Waals surface area contributed by atoms with Crippen molar-refractivity contribution in [3.8, 4) is 0 Å². The molecule has 3 atom stereocenters. The predicted molar refractivity (Wildman–Crippen MR) is 118 cm³/mol. The fourth-order valence-electron chi connectivity index (χ4n) is 3.47. The quantitative estimate of drug-likeness (QED) is 0.598. The van der Waals surface area contributed by atoms with E-state index >= 15 is 0 Å². The minimum atomic E-state index is -0.968. The van der Waals surface area contributed by atoms with Crippen LogP contribution in [-0.4, -0.2) is 59.6 Å². The second kappa shape index (κ2) is 11.3. The molecule has 1 aliphatic rings. The molecule has 31 heavy (non-hydrogen) atoms. The zero-order valence-electron chi connectivity index (χ0n) is 24.0. The molecule has 1 saturated heterocycles. The van der Waals surface area contributed by atoms with Gasteiger partial charge < -0.3 is 14.4 Å². The maximum absolute atomic E-state index is 13.2. The van der Waals surface area contributed by atoms with Crippen LogP contribution in [0.4, 0.5) is 0 Å². The number of carbonyl (C=O) groups excluding carboxylic acids is 3. The lowest BCUT2D eigenvalue weighted by Crippen LogP contribution is -2.53. The highest BCUT2D eigenvalue weighted by atomic mass is 16.6. The largest absolute Gasteiger partial charge is 0.465 e. The van der Waals surface area contributed by atoms with Crippen LogP contribution in [-0.2, 0) is 30.3 Å². The van der Waals surface area contributed by atoms with Crippen LogP contribution in [0.2, 0.25) is 0 Å². The highest BCUT2D eigenvalue weighted by Crippen LogP contribution is 2.22. The Morgan fingerprint density at radius 1 is 1.26 bits per heavy atom. The molecule has 7 heteroatoms. The maximum Gasteiger partial charge on any atom is 0.329 e. The van der Waals surface area contributed by atoms with Crippen molar-refractivity contribution in [1.29, 1.82) is 0 Å². The molecule has 0 aliphatic carbocycles. The lowest BCUT2D eigenvalue weighted by molar-refractivity contribution is -0.163. The van der Waals surface area contributed by atoms with Gasteiger partial charge in [-0.25, -0.2) is 4.79 Å². The van der Waals surface area contributed by atoms with E-state index < -0.39 is 53.8 Å². The number of ether oxygens (including phenoxy) is 2. The SMILES string of the molecule is [2H]c1c([2H])c([2H])c(CC[C@@H](N[C@H](C)C(=O)N2CCC[C@@H]2C(=O)OC(C)(C)C)C(=O)OCC)c([2H])c1[2H]. The van der Waals surface area contributed by atoms with Crippen molar-refractivity contribution in [1.82, 2.24) is 10.2 Å². The van der Waals surface area contributed by atoms with Gasteiger partial charge in [0.15, 0.2) is 0 Å². The summed E-state index contributed by atoms with van der Waals surface area (Å²) in [5.74, 6) is -1.45. The molecule has 1 aromatic rings. The molecule has 1 fully saturated rings. The Labute approximate surface area is 192 Å². The van der Waals surface area contributed by atoms with Gasteiger partial charge in [0, 0.05) is 6.54 Å². The zero-order chi connectivity index (χ0) is 27.4. The first-order chi connectivity index (χ1) is 16.7. The number of esters is 2. The number of carbonyl (C=O) groups is 3. The standard InChI is InChI=1S/C24H36N2O5/c1-6-30-22(28)19(15-14-18-11-8-7-9-12-18)25-17(2)21(27)26-16-10-13-20(26)23(29)31-24(3,4)5/h7-9,11-12,17,19-20,25H,6,10,13-16H2,1-5H3/t17-,19-,20-/m1/s1/i7D,8D,9D,11D,12D. The fourth-order valence-corrected chi connectivity index (χ4v) is 3.47. The molecule has 7 nitrogen and oxygen atoms in total. The average molecular weight is 438 g/mol. The number of nitrogens with zero attached hydrogens (tertiary/aromatic N) is 1. The number of nitrogens with one attached hydrogen (secondary N) is 1. The van der Waals surface area contributed by atoms with Gasteiger partial charge in [0.05, 0.1) is 19.5 Å². The van der Waals surface area contributed by atoms with E-state index in [4.69, 9.17) is 16.3 Å². The van der Waals surface area contributed by atoms with E-state index in [1.807, 2.05) is 0 Å². The van der Waals surface area contributed by atoms with Crippen molar-refractivity contribution in [2.75, 3.05) is 13.2 Å². The Bertz CT molecular complexity index is 969. The minimum absolute atomic E-state index is 0.00263. The molecule has 0 spiro atoms. The molecule has 0 aromatic heterocycles. The number of rotatable bonds is 9. The Kier molecular flexibility index (Phi) is 6.62. The maximum atomic E-state index is 13.2. The number of benzene rings is 1. The third-order valence-electron chi connectivity index (χ3n) is 4.84. The normalized spacial score (nSPS) is 20.6. The van der Waals surface area contributed by atoms with Gasteiger partial charge >= 0.3 is 11.9 Å². The van der Waals surface area contributed by atoms with Crippen molar-refractivity contribution in [2.24, 2.45) is 0 Å². The third kappa shape index (κ3) is 7.65. The van der Waals surface area contributed by atoms with Crippen LogP contribution in [0.5, 0.6) is 0 Å². The van der Waals surface area contributed by atoms with E-state index in [1.54, 1.807) is 34.6 Å². The Balaban J connectivity index is 2.18. The Morgan fingerprint density at radius 2 is 1.94 bits per heavy atom. The molecule has 1 heterocycles. The lowest BCUT2D eigenvalue weighted by Gasteiger charge is -2.30. The fraction of sp³-hybridized carbons (Fsp3) is 0.625. The predicted octanol–water partition coefficient (Wildman–Crippen LogP) is 2.86. The topological polar surface area (TPSA) is 84.9 Å². The van der Waals surface area contributed by atoms with Gasteiger partial charge in [-0.1, -0.05) is 30.2 Å². The van der Waals surface area contributed by atoms with Crippen molar-refractivity contribution < 1.29 is 30.7 Å². The zero-order valence-corrected chi connectivity index (χ0v) is 19.0. The summed E-state index contributed by atoms with van der Waals surface area (Å²) in [5, 5.41) is 2.96. The second-order valence-electron chi connectivity index (χ2n) is 8.56. The summed E-state index contributed by atoms with van der Waals surface area (Å²) in [6.45, 7) is 9.02. The molecule has 0 unspecified atom stereocenters. The summed E-state index contributed by atoms with van der Waals surface area (Å²) in [6, 6.07) is -4.55. The monoisotopic (exact) mass is 437 g/mol. The van der Waals surface area contributed by atoms with Crippen LogP contribution < -0.4 is 5.32 Å². The minimum Gasteiger partial charge on any atom is -0.465 e. The average Bonchev–Trinajstić information content (AvgIpc) is 3.29. The van der Waals surface area contributed by atoms with Crippen LogP contribution >= 0.6 is 0 Å². The summed E-state index contributed by atoms with van der Waals surface area (Å²) in [7, 11) is 0. The first-order valence-electron chi connectivity index (χ1n) is 13.2. The number of hydrogen-bond donors (Lipinski definition) is 1. The van der Waals surface area contributed by atoms with Crippen molar-refractivity contribution in [2.45, 2.75) is 84.0 Å². The smallest absolute Gasteiger partial charge is 0.329 e. The van der Waals surface area contributed by atoms with Gasteiger partial charge in [-0.05, 0) is 65.9 Å². The van der Waals surface area contributed by atoms with Gasteiger partial charge in [0.25, 0.3) is 0 Å². The molecular weight excluding hydrogens is 396 g/mol. The Morgan fingerprint density at radius 3 is 2.55 bits per heavy atom. The molecule has 1 aliphatic heterocycles. The van der Waals surface area contributed by atoms with Gasteiger partial charge in [-0.3, -0.25) is 14.9 Å². The molecule has 0 radical (unpaired) electrons. The molecule has 0 saturated carbocycles. The van der Waals surface area contributed by atoms with Crippen LogP contribution in [0.25, 0.3) is 0 Å². The van der Waals surface area contributed by atoms with E-state index in [-0.39, 0.29) is 43.0 Å². The second-order valence-corrected chi connectivity index (χ2v) is 8.56. The van der Waals surface area contributed by atoms with Crippen LogP contribution in [0, 0.1) is 0 Å². The summed E-state index contributed by atoms with van der Waals surface area (Å²) >= 11 is 0. The van der Waals surface area contributed by atoms with E-state index in [1.165, 1.54) is 4.90 Å². The number of likely N-dealkylation sites (tertiary alicyclic amines) is 1. The van der Waals surface area contributed by atoms with Gasteiger partial charge in [0.1, 0.15) is 17.7 Å². The van der Waals surface area contributed by atoms with Gasteiger partial charge in [0.2, 0.25) is 5.91 Å². The molecule has 172 valence electrons. The third-order valence-corrected chi connectivity index (χ3v) is 4.84. The molecule has 2 rings (SSSR count). The van der Waals surface area contributed by atoms with Crippen molar-refractivity contribution >= 4 is 17.8 Å². The van der Waals surface area contributed by atoms with Crippen molar-refractivity contribution in [3.63, 3.8) is 0 Å². The highest BCUT2D eigenvalue weighted by Gasteiger charge is 2.39. The van der Waals surface area contributed by atoms with Gasteiger partial charge in [-0.15, -0.1) is 0 Å². The highest BCUT2D eigenvalue weighted by molar-refractivity contribution is 5.88.